The van der Waals surface area contributed by atoms with Gasteiger partial charge in [-0.2, -0.15) is 5.26 Å². The van der Waals surface area contributed by atoms with E-state index in [-0.39, 0.29) is 5.70 Å². The van der Waals surface area contributed by atoms with E-state index in [0.29, 0.717) is 24.5 Å². The third kappa shape index (κ3) is 2.38. The van der Waals surface area contributed by atoms with Crippen LogP contribution in [-0.2, 0) is 0 Å². The van der Waals surface area contributed by atoms with Gasteiger partial charge in [0.25, 0.3) is 0 Å². The lowest BCUT2D eigenvalue weighted by atomic mass is 10.0. The van der Waals surface area contributed by atoms with Crippen molar-refractivity contribution in [3.05, 3.63) is 73.7 Å². The predicted molar refractivity (Wildman–Crippen MR) is 84.5 cm³/mol. The molecule has 22 heavy (non-hydrogen) atoms. The summed E-state index contributed by atoms with van der Waals surface area (Å²) in [7, 11) is 0. The molecule has 1 aromatic rings. The van der Waals surface area contributed by atoms with Crippen molar-refractivity contribution in [1.82, 2.24) is 10.2 Å². The van der Waals surface area contributed by atoms with Gasteiger partial charge in [0.1, 0.15) is 0 Å². The summed E-state index contributed by atoms with van der Waals surface area (Å²) < 4.78 is 0.960. The minimum atomic E-state index is -0.446. The molecule has 0 spiro atoms. The van der Waals surface area contributed by atoms with Gasteiger partial charge in [0.05, 0.1) is 22.3 Å². The van der Waals surface area contributed by atoms with Gasteiger partial charge >= 0.3 is 5.70 Å². The monoisotopic (exact) mass is 358 g/mol. The molecular weight excluding hydrogens is 348 g/mol. The molecule has 0 radical (unpaired) electrons. The smallest absolute Gasteiger partial charge is 0.317 e. The highest BCUT2D eigenvalue weighted by Gasteiger charge is 2.36. The molecule has 1 saturated heterocycles. The van der Waals surface area contributed by atoms with E-state index in [1.165, 1.54) is 6.08 Å². The van der Waals surface area contributed by atoms with Gasteiger partial charge in [0.2, 0.25) is 0 Å². The maximum atomic E-state index is 11.4. The molecule has 0 atom stereocenters. The summed E-state index contributed by atoms with van der Waals surface area (Å²) in [4.78, 5) is 12.8. The summed E-state index contributed by atoms with van der Waals surface area (Å²) in [6.45, 7) is 1.27. The third-order valence-corrected chi connectivity index (χ3v) is 4.05. The lowest BCUT2D eigenvalue weighted by Crippen LogP contribution is -2.27. The maximum Gasteiger partial charge on any atom is 0.317 e. The Morgan fingerprint density at radius 1 is 1.41 bits per heavy atom. The molecule has 110 valence electrons. The van der Waals surface area contributed by atoms with Crippen molar-refractivity contribution >= 4 is 21.6 Å². The average Bonchev–Trinajstić information content (AvgIpc) is 2.96. The zero-order chi connectivity index (χ0) is 15.7. The van der Waals surface area contributed by atoms with Gasteiger partial charge in [-0.25, -0.2) is 0 Å². The average molecular weight is 359 g/mol. The zero-order valence-corrected chi connectivity index (χ0v) is 13.0. The predicted octanol–water partition coefficient (Wildman–Crippen LogP) is 2.60. The number of hydrogen-bond donors (Lipinski definition) is 1. The first-order chi connectivity index (χ1) is 10.6. The second kappa shape index (κ2) is 5.66. The van der Waals surface area contributed by atoms with E-state index in [4.69, 9.17) is 5.26 Å². The standard InChI is InChI=1S/C15H11BrN4O2/c16-12-3-1-10(2-4-12)13-9-11(5-6-17)14(20(21)22)15-18-7-8-19(13)15/h1-5,9,18H,7-8H2/b11-5-. The Morgan fingerprint density at radius 3 is 2.77 bits per heavy atom. The Hall–Kier alpha value is -2.59. The number of benzene rings is 1. The van der Waals surface area contributed by atoms with Crippen molar-refractivity contribution in [2.45, 2.75) is 0 Å². The lowest BCUT2D eigenvalue weighted by Gasteiger charge is -2.26. The fraction of sp³-hybridized carbons (Fsp3) is 0.133. The largest absolute Gasteiger partial charge is 0.364 e. The summed E-state index contributed by atoms with van der Waals surface area (Å²) in [6.07, 6.45) is 2.91. The molecule has 0 saturated carbocycles. The van der Waals surface area contributed by atoms with E-state index >= 15 is 0 Å². The number of halogens is 1. The number of allylic oxidation sites excluding steroid dienone is 2. The number of rotatable bonds is 2. The Balaban J connectivity index is 2.15. The highest BCUT2D eigenvalue weighted by atomic mass is 79.9. The Morgan fingerprint density at radius 2 is 2.14 bits per heavy atom. The number of nitro groups is 1. The summed E-state index contributed by atoms with van der Waals surface area (Å²) >= 11 is 3.39. The van der Waals surface area contributed by atoms with Crippen molar-refractivity contribution in [3.63, 3.8) is 0 Å². The second-order valence-electron chi connectivity index (χ2n) is 4.80. The van der Waals surface area contributed by atoms with Crippen molar-refractivity contribution in [2.75, 3.05) is 13.1 Å². The van der Waals surface area contributed by atoms with Crippen LogP contribution in [0.2, 0.25) is 0 Å². The third-order valence-electron chi connectivity index (χ3n) is 3.52. The van der Waals surface area contributed by atoms with Crippen LogP contribution in [-0.4, -0.2) is 22.9 Å². The normalized spacial score (nSPS) is 18.6. The lowest BCUT2D eigenvalue weighted by molar-refractivity contribution is -0.422. The first-order valence-electron chi connectivity index (χ1n) is 6.59. The molecule has 7 heteroatoms. The first kappa shape index (κ1) is 14.4. The van der Waals surface area contributed by atoms with Gasteiger partial charge in [0.15, 0.2) is 5.82 Å². The van der Waals surface area contributed by atoms with Gasteiger partial charge in [-0.1, -0.05) is 28.1 Å². The first-order valence-corrected chi connectivity index (χ1v) is 7.39. The van der Waals surface area contributed by atoms with Crippen LogP contribution in [0.5, 0.6) is 0 Å². The zero-order valence-electron chi connectivity index (χ0n) is 11.4. The fourth-order valence-corrected chi connectivity index (χ4v) is 2.87. The molecular formula is C15H11BrN4O2. The highest BCUT2D eigenvalue weighted by molar-refractivity contribution is 9.10. The van der Waals surface area contributed by atoms with E-state index in [1.807, 2.05) is 35.2 Å². The van der Waals surface area contributed by atoms with Crippen molar-refractivity contribution < 1.29 is 4.92 Å². The molecule has 0 aliphatic carbocycles. The van der Waals surface area contributed by atoms with E-state index in [0.717, 1.165) is 15.7 Å². The van der Waals surface area contributed by atoms with Crippen LogP contribution in [0.4, 0.5) is 0 Å². The molecule has 0 amide bonds. The molecule has 3 rings (SSSR count). The van der Waals surface area contributed by atoms with E-state index in [1.54, 1.807) is 6.08 Å². The van der Waals surface area contributed by atoms with Crippen LogP contribution in [0.1, 0.15) is 5.56 Å². The second-order valence-corrected chi connectivity index (χ2v) is 5.71. The Labute approximate surface area is 135 Å². The summed E-state index contributed by atoms with van der Waals surface area (Å²) in [5.41, 5.74) is 2.04. The molecule has 6 nitrogen and oxygen atoms in total. The Bertz CT molecular complexity index is 772. The van der Waals surface area contributed by atoms with Gasteiger partial charge in [-0.3, -0.25) is 10.1 Å². The summed E-state index contributed by atoms with van der Waals surface area (Å²) in [5.74, 6) is 0.451. The van der Waals surface area contributed by atoms with Crippen LogP contribution in [0.15, 0.2) is 58.0 Å². The van der Waals surface area contributed by atoms with E-state index in [9.17, 15) is 10.1 Å². The van der Waals surface area contributed by atoms with Gasteiger partial charge in [-0.15, -0.1) is 0 Å². The molecule has 1 fully saturated rings. The quantitative estimate of drug-likeness (QED) is 0.499. The van der Waals surface area contributed by atoms with Crippen LogP contribution in [0.25, 0.3) is 5.70 Å². The minimum Gasteiger partial charge on any atom is -0.364 e. The number of nitrogens with zero attached hydrogens (tertiary/aromatic N) is 3. The number of fused-ring (bicyclic) bond motifs is 1. The molecule has 2 aliphatic rings. The van der Waals surface area contributed by atoms with Crippen LogP contribution in [0, 0.1) is 21.4 Å². The maximum absolute atomic E-state index is 11.4. The minimum absolute atomic E-state index is 0.0556. The van der Waals surface area contributed by atoms with Crippen molar-refractivity contribution in [1.29, 1.82) is 5.26 Å². The molecule has 2 heterocycles. The van der Waals surface area contributed by atoms with Gasteiger partial charge in [0, 0.05) is 23.6 Å². The van der Waals surface area contributed by atoms with Gasteiger partial charge in [-0.05, 0) is 23.8 Å². The number of nitrogens with one attached hydrogen (secondary N) is 1. The molecule has 1 aromatic carbocycles. The van der Waals surface area contributed by atoms with Crippen LogP contribution >= 0.6 is 15.9 Å². The van der Waals surface area contributed by atoms with Crippen LogP contribution in [0.3, 0.4) is 0 Å². The van der Waals surface area contributed by atoms with Crippen molar-refractivity contribution in [2.24, 2.45) is 0 Å². The van der Waals surface area contributed by atoms with Crippen LogP contribution < -0.4 is 5.32 Å². The number of nitriles is 1. The highest BCUT2D eigenvalue weighted by Crippen LogP contribution is 2.35. The Kier molecular flexibility index (Phi) is 3.69. The molecule has 0 bridgehead atoms. The van der Waals surface area contributed by atoms with E-state index < -0.39 is 4.92 Å². The molecule has 1 N–H and O–H groups in total. The molecule has 0 unspecified atom stereocenters. The molecule has 0 aromatic heterocycles. The summed E-state index contributed by atoms with van der Waals surface area (Å²) in [6, 6.07) is 9.59. The fourth-order valence-electron chi connectivity index (χ4n) is 2.61. The van der Waals surface area contributed by atoms with Gasteiger partial charge < -0.3 is 10.2 Å². The SMILES string of the molecule is N#C/C=C1/C=C(c2ccc(Br)cc2)N2CCNC2=C1[N+](=O)[O-]. The van der Waals surface area contributed by atoms with Crippen molar-refractivity contribution in [3.8, 4) is 6.07 Å². The summed E-state index contributed by atoms with van der Waals surface area (Å²) in [5, 5.41) is 23.3. The molecule has 2 aliphatic heterocycles. The topological polar surface area (TPSA) is 82.2 Å². The number of hydrogen-bond acceptors (Lipinski definition) is 5. The van der Waals surface area contributed by atoms with E-state index in [2.05, 4.69) is 21.2 Å².